The minimum absolute atomic E-state index is 0.667. The second-order valence-corrected chi connectivity index (χ2v) is 3.02. The topological polar surface area (TPSA) is 83.6 Å². The van der Waals surface area contributed by atoms with E-state index in [1.165, 1.54) is 0 Å². The van der Waals surface area contributed by atoms with Crippen molar-refractivity contribution >= 4 is 5.97 Å². The molecule has 1 aromatic carbocycles. The molecule has 0 heterocycles. The van der Waals surface area contributed by atoms with E-state index in [-0.39, 0.29) is 0 Å². The van der Waals surface area contributed by atoms with Gasteiger partial charge in [0.1, 0.15) is 17.1 Å². The van der Waals surface area contributed by atoms with Crippen LogP contribution in [0.25, 0.3) is 0 Å². The summed E-state index contributed by atoms with van der Waals surface area (Å²) < 4.78 is 37.7. The van der Waals surface area contributed by atoms with Crippen LogP contribution in [-0.2, 0) is 0 Å². The molecule has 0 bridgehead atoms. The fourth-order valence-electron chi connectivity index (χ4n) is 1.20. The first kappa shape index (κ1) is 12.3. The lowest BCUT2D eigenvalue weighted by Gasteiger charge is -2.14. The number of aromatic hydroxyl groups is 1. The number of phenols is 1. The van der Waals surface area contributed by atoms with Crippen LogP contribution in [0.4, 0.5) is 13.2 Å². The summed E-state index contributed by atoms with van der Waals surface area (Å²) in [6, 6.07) is -0.630. The van der Waals surface area contributed by atoms with Gasteiger partial charge in [0, 0.05) is 0 Å². The number of rotatable bonds is 3. The minimum Gasteiger partial charge on any atom is -0.507 e. The molecule has 0 radical (unpaired) electrons. The standard InChI is InChI=1S/C9H8F3NO3/c10-4-2-1-3(9(15)16)7(14)5(4)6(13)8(11)12/h1-2,6,8,14H,13H2,(H,15,16)/t6-/m0/s1. The molecule has 0 aliphatic heterocycles. The average molecular weight is 235 g/mol. The van der Waals surface area contributed by atoms with E-state index >= 15 is 0 Å². The Morgan fingerprint density at radius 1 is 1.38 bits per heavy atom. The lowest BCUT2D eigenvalue weighted by molar-refractivity contribution is 0.0691. The van der Waals surface area contributed by atoms with Crippen LogP contribution in [0.2, 0.25) is 0 Å². The highest BCUT2D eigenvalue weighted by molar-refractivity contribution is 5.91. The number of nitrogens with two attached hydrogens (primary N) is 1. The monoisotopic (exact) mass is 235 g/mol. The van der Waals surface area contributed by atoms with Gasteiger partial charge in [-0.15, -0.1) is 0 Å². The molecule has 4 N–H and O–H groups in total. The van der Waals surface area contributed by atoms with Crippen molar-refractivity contribution in [1.29, 1.82) is 0 Å². The molecular formula is C9H8F3NO3. The van der Waals surface area contributed by atoms with E-state index in [0.717, 1.165) is 6.07 Å². The lowest BCUT2D eigenvalue weighted by Crippen LogP contribution is -2.21. The zero-order chi connectivity index (χ0) is 12.5. The van der Waals surface area contributed by atoms with Gasteiger partial charge in [-0.05, 0) is 12.1 Å². The zero-order valence-corrected chi connectivity index (χ0v) is 7.82. The van der Waals surface area contributed by atoms with Crippen LogP contribution in [0.15, 0.2) is 12.1 Å². The van der Waals surface area contributed by atoms with Crippen LogP contribution in [0, 0.1) is 5.82 Å². The van der Waals surface area contributed by atoms with Crippen molar-refractivity contribution < 1.29 is 28.2 Å². The fraction of sp³-hybridized carbons (Fsp3) is 0.222. The van der Waals surface area contributed by atoms with Gasteiger partial charge < -0.3 is 15.9 Å². The Morgan fingerprint density at radius 2 is 1.94 bits per heavy atom. The maximum Gasteiger partial charge on any atom is 0.339 e. The number of carboxylic acids is 1. The van der Waals surface area contributed by atoms with Gasteiger partial charge in [-0.25, -0.2) is 18.0 Å². The number of aromatic carboxylic acids is 1. The molecule has 0 aromatic heterocycles. The number of benzene rings is 1. The fourth-order valence-corrected chi connectivity index (χ4v) is 1.20. The van der Waals surface area contributed by atoms with E-state index in [1.54, 1.807) is 0 Å². The number of hydrogen-bond donors (Lipinski definition) is 3. The molecule has 0 spiro atoms. The van der Waals surface area contributed by atoms with Crippen LogP contribution in [0.5, 0.6) is 5.75 Å². The maximum atomic E-state index is 13.1. The molecule has 0 aliphatic rings. The van der Waals surface area contributed by atoms with Gasteiger partial charge in [0.15, 0.2) is 0 Å². The summed E-state index contributed by atoms with van der Waals surface area (Å²) in [6.07, 6.45) is -3.11. The Kier molecular flexibility index (Phi) is 3.38. The highest BCUT2D eigenvalue weighted by atomic mass is 19.3. The zero-order valence-electron chi connectivity index (χ0n) is 7.82. The van der Waals surface area contributed by atoms with Gasteiger partial charge in [0.2, 0.25) is 0 Å². The third-order valence-electron chi connectivity index (χ3n) is 2.00. The molecule has 88 valence electrons. The lowest BCUT2D eigenvalue weighted by atomic mass is 10.0. The second-order valence-electron chi connectivity index (χ2n) is 3.02. The predicted octanol–water partition coefficient (Wildman–Crippen LogP) is 1.49. The van der Waals surface area contributed by atoms with E-state index in [0.29, 0.717) is 6.07 Å². The Balaban J connectivity index is 3.37. The second kappa shape index (κ2) is 4.40. The molecule has 4 nitrogen and oxygen atoms in total. The molecule has 1 aromatic rings. The van der Waals surface area contributed by atoms with Crippen molar-refractivity contribution in [3.63, 3.8) is 0 Å². The van der Waals surface area contributed by atoms with Gasteiger partial charge in [-0.2, -0.15) is 0 Å². The first-order valence-electron chi connectivity index (χ1n) is 4.14. The molecule has 0 fully saturated rings. The first-order valence-corrected chi connectivity index (χ1v) is 4.14. The van der Waals surface area contributed by atoms with E-state index < -0.39 is 41.1 Å². The van der Waals surface area contributed by atoms with Gasteiger partial charge in [-0.1, -0.05) is 0 Å². The van der Waals surface area contributed by atoms with Crippen LogP contribution in [0.3, 0.4) is 0 Å². The van der Waals surface area contributed by atoms with E-state index in [1.807, 2.05) is 0 Å². The third kappa shape index (κ3) is 2.08. The Bertz CT molecular complexity index is 423. The van der Waals surface area contributed by atoms with Crippen molar-refractivity contribution in [2.24, 2.45) is 5.73 Å². The molecule has 0 saturated carbocycles. The molecule has 0 aliphatic carbocycles. The summed E-state index contributed by atoms with van der Waals surface area (Å²) in [5.41, 5.74) is 3.40. The quantitative estimate of drug-likeness (QED) is 0.741. The smallest absolute Gasteiger partial charge is 0.339 e. The molecule has 0 amide bonds. The number of carbonyl (C=O) groups is 1. The Morgan fingerprint density at radius 3 is 2.38 bits per heavy atom. The van der Waals surface area contributed by atoms with E-state index in [2.05, 4.69) is 0 Å². The van der Waals surface area contributed by atoms with E-state index in [9.17, 15) is 23.1 Å². The highest BCUT2D eigenvalue weighted by Crippen LogP contribution is 2.32. The van der Waals surface area contributed by atoms with Gasteiger partial charge in [0.05, 0.1) is 11.6 Å². The molecule has 0 saturated heterocycles. The molecule has 16 heavy (non-hydrogen) atoms. The summed E-state index contributed by atoms with van der Waals surface area (Å²) in [6.45, 7) is 0. The minimum atomic E-state index is -3.11. The number of hydrogen-bond acceptors (Lipinski definition) is 3. The Labute approximate surface area is 88.1 Å². The summed E-state index contributed by atoms with van der Waals surface area (Å²) in [4.78, 5) is 10.6. The van der Waals surface area contributed by atoms with Gasteiger partial charge in [0.25, 0.3) is 6.43 Å². The first-order chi connectivity index (χ1) is 7.36. The third-order valence-corrected chi connectivity index (χ3v) is 2.00. The van der Waals surface area contributed by atoms with Crippen molar-refractivity contribution in [2.75, 3.05) is 0 Å². The SMILES string of the molecule is N[C@@H](c1c(F)ccc(C(=O)O)c1O)C(F)F. The summed E-state index contributed by atoms with van der Waals surface area (Å²) in [7, 11) is 0. The summed E-state index contributed by atoms with van der Waals surface area (Å²) in [5.74, 6) is -3.80. The summed E-state index contributed by atoms with van der Waals surface area (Å²) >= 11 is 0. The molecular weight excluding hydrogens is 227 g/mol. The van der Waals surface area contributed by atoms with Crippen LogP contribution in [0.1, 0.15) is 22.0 Å². The van der Waals surface area contributed by atoms with Crippen LogP contribution < -0.4 is 5.73 Å². The maximum absolute atomic E-state index is 13.1. The highest BCUT2D eigenvalue weighted by Gasteiger charge is 2.27. The number of alkyl halides is 2. The predicted molar refractivity (Wildman–Crippen MR) is 48.0 cm³/mol. The van der Waals surface area contributed by atoms with Crippen molar-refractivity contribution in [3.05, 3.63) is 29.1 Å². The van der Waals surface area contributed by atoms with Gasteiger partial charge in [-0.3, -0.25) is 0 Å². The van der Waals surface area contributed by atoms with E-state index in [4.69, 9.17) is 10.8 Å². The van der Waals surface area contributed by atoms with Crippen molar-refractivity contribution in [1.82, 2.24) is 0 Å². The summed E-state index contributed by atoms with van der Waals surface area (Å²) in [5, 5.41) is 17.9. The number of carboxylic acid groups (broad SMARTS) is 1. The Hall–Kier alpha value is -1.76. The van der Waals surface area contributed by atoms with Crippen molar-refractivity contribution in [2.45, 2.75) is 12.5 Å². The molecule has 0 unspecified atom stereocenters. The molecule has 1 rings (SSSR count). The van der Waals surface area contributed by atoms with Crippen LogP contribution in [-0.4, -0.2) is 22.6 Å². The largest absolute Gasteiger partial charge is 0.507 e. The van der Waals surface area contributed by atoms with Gasteiger partial charge >= 0.3 is 5.97 Å². The normalized spacial score (nSPS) is 12.8. The molecule has 7 heteroatoms. The van der Waals surface area contributed by atoms with Crippen LogP contribution >= 0.6 is 0 Å². The average Bonchev–Trinajstić information content (AvgIpc) is 2.16. The number of halogens is 3. The molecule has 1 atom stereocenters. The van der Waals surface area contributed by atoms with Crippen molar-refractivity contribution in [3.8, 4) is 5.75 Å².